The zero-order chi connectivity index (χ0) is 18.2. The van der Waals surface area contributed by atoms with Crippen molar-refractivity contribution < 1.29 is 17.6 Å². The third kappa shape index (κ3) is 3.44. The highest BCUT2D eigenvalue weighted by atomic mass is 35.5. The minimum Gasteiger partial charge on any atom is -0.469 e. The lowest BCUT2D eigenvalue weighted by molar-refractivity contribution is 0.0932. The number of benzene rings is 1. The van der Waals surface area contributed by atoms with Gasteiger partial charge in [-0.1, -0.05) is 11.6 Å². The van der Waals surface area contributed by atoms with Crippen LogP contribution in [0.1, 0.15) is 40.6 Å². The maximum atomic E-state index is 12.7. The fourth-order valence-corrected chi connectivity index (χ4v) is 4.05. The van der Waals surface area contributed by atoms with Gasteiger partial charge in [0.25, 0.3) is 5.91 Å². The average Bonchev–Trinajstić information content (AvgIpc) is 3.04. The molecular formula is C17H19ClN2O4S. The molecule has 0 aliphatic heterocycles. The number of carbonyl (C=O) groups is 1. The van der Waals surface area contributed by atoms with E-state index >= 15 is 0 Å². The van der Waals surface area contributed by atoms with Crippen molar-refractivity contribution in [1.29, 1.82) is 0 Å². The minimum atomic E-state index is -3.64. The summed E-state index contributed by atoms with van der Waals surface area (Å²) in [5.74, 6) is 0.478. The molecule has 1 N–H and O–H groups in total. The van der Waals surface area contributed by atoms with Crippen LogP contribution in [0, 0.1) is 0 Å². The van der Waals surface area contributed by atoms with Crippen molar-refractivity contribution in [3.05, 3.63) is 52.4 Å². The minimum absolute atomic E-state index is 0.0275. The van der Waals surface area contributed by atoms with Gasteiger partial charge in [-0.25, -0.2) is 12.7 Å². The van der Waals surface area contributed by atoms with E-state index in [0.29, 0.717) is 0 Å². The number of rotatable bonds is 4. The van der Waals surface area contributed by atoms with E-state index in [-0.39, 0.29) is 21.5 Å². The Morgan fingerprint density at radius 2 is 2.08 bits per heavy atom. The van der Waals surface area contributed by atoms with E-state index in [1.54, 1.807) is 6.26 Å². The van der Waals surface area contributed by atoms with Crippen LogP contribution in [0.3, 0.4) is 0 Å². The number of hydrogen-bond donors (Lipinski definition) is 1. The van der Waals surface area contributed by atoms with Gasteiger partial charge in [0.15, 0.2) is 0 Å². The number of hydrogen-bond acceptors (Lipinski definition) is 4. The average molecular weight is 383 g/mol. The maximum Gasteiger partial charge on any atom is 0.253 e. The quantitative estimate of drug-likeness (QED) is 0.881. The molecule has 1 aliphatic carbocycles. The highest BCUT2D eigenvalue weighted by Gasteiger charge is 2.26. The summed E-state index contributed by atoms with van der Waals surface area (Å²) in [5, 5.41) is 3.14. The zero-order valence-electron chi connectivity index (χ0n) is 14.0. The van der Waals surface area contributed by atoms with Crippen LogP contribution >= 0.6 is 11.6 Å². The number of aryl methyl sites for hydroxylation is 1. The van der Waals surface area contributed by atoms with Gasteiger partial charge in [-0.3, -0.25) is 4.79 Å². The van der Waals surface area contributed by atoms with Crippen LogP contribution in [-0.2, 0) is 16.4 Å². The van der Waals surface area contributed by atoms with Crippen LogP contribution in [0.5, 0.6) is 0 Å². The predicted octanol–water partition coefficient (Wildman–Crippen LogP) is 2.99. The largest absolute Gasteiger partial charge is 0.469 e. The Bertz CT molecular complexity index is 905. The van der Waals surface area contributed by atoms with Crippen LogP contribution in [0.2, 0.25) is 5.02 Å². The molecule has 2 aromatic rings. The Labute approximate surface area is 151 Å². The van der Waals surface area contributed by atoms with E-state index in [1.807, 2.05) is 6.07 Å². The standard InChI is InChI=1S/C17H19ClN2O4S/c1-20(2)25(22,23)11-6-7-14(18)13(10-11)17(21)19-15-4-3-5-16-12(15)8-9-24-16/h6-10,15H,3-5H2,1-2H3,(H,19,21). The topological polar surface area (TPSA) is 79.6 Å². The SMILES string of the molecule is CN(C)S(=O)(=O)c1ccc(Cl)c(C(=O)NC2CCCc3occc32)c1. The molecule has 1 unspecified atom stereocenters. The van der Waals surface area contributed by atoms with E-state index in [0.717, 1.165) is 34.9 Å². The molecule has 0 saturated carbocycles. The van der Waals surface area contributed by atoms with Crippen LogP contribution in [0.25, 0.3) is 0 Å². The number of amides is 1. The lowest BCUT2D eigenvalue weighted by Gasteiger charge is -2.23. The highest BCUT2D eigenvalue weighted by molar-refractivity contribution is 7.89. The first-order valence-corrected chi connectivity index (χ1v) is 9.71. The van der Waals surface area contributed by atoms with Crippen molar-refractivity contribution in [3.8, 4) is 0 Å². The number of sulfonamides is 1. The summed E-state index contributed by atoms with van der Waals surface area (Å²) in [6.45, 7) is 0. The van der Waals surface area contributed by atoms with Crippen molar-refractivity contribution in [1.82, 2.24) is 9.62 Å². The number of nitrogens with zero attached hydrogens (tertiary/aromatic N) is 1. The Hall–Kier alpha value is -1.83. The fourth-order valence-electron chi connectivity index (χ4n) is 2.92. The molecule has 1 aromatic heterocycles. The van der Waals surface area contributed by atoms with Crippen LogP contribution in [0.15, 0.2) is 39.8 Å². The van der Waals surface area contributed by atoms with Gasteiger partial charge in [0.2, 0.25) is 10.0 Å². The summed E-state index contributed by atoms with van der Waals surface area (Å²) in [4.78, 5) is 12.7. The Morgan fingerprint density at radius 3 is 2.80 bits per heavy atom. The molecule has 6 nitrogen and oxygen atoms in total. The molecule has 8 heteroatoms. The van der Waals surface area contributed by atoms with Gasteiger partial charge < -0.3 is 9.73 Å². The third-order valence-corrected chi connectivity index (χ3v) is 6.46. The van der Waals surface area contributed by atoms with E-state index < -0.39 is 15.9 Å². The molecule has 1 atom stereocenters. The first-order valence-electron chi connectivity index (χ1n) is 7.90. The van der Waals surface area contributed by atoms with Crippen LogP contribution in [-0.4, -0.2) is 32.7 Å². The lowest BCUT2D eigenvalue weighted by atomic mass is 9.93. The molecule has 1 heterocycles. The highest BCUT2D eigenvalue weighted by Crippen LogP contribution is 2.31. The van der Waals surface area contributed by atoms with Gasteiger partial charge in [-0.05, 0) is 37.1 Å². The van der Waals surface area contributed by atoms with E-state index in [2.05, 4.69) is 5.32 Å². The number of carbonyl (C=O) groups excluding carboxylic acids is 1. The summed E-state index contributed by atoms with van der Waals surface area (Å²) < 4.78 is 31.1. The maximum absolute atomic E-state index is 12.7. The zero-order valence-corrected chi connectivity index (χ0v) is 15.5. The lowest BCUT2D eigenvalue weighted by Crippen LogP contribution is -2.31. The van der Waals surface area contributed by atoms with E-state index in [9.17, 15) is 13.2 Å². The first-order chi connectivity index (χ1) is 11.8. The molecule has 0 bridgehead atoms. The molecule has 0 spiro atoms. The third-order valence-electron chi connectivity index (χ3n) is 4.32. The van der Waals surface area contributed by atoms with Crippen molar-refractivity contribution in [3.63, 3.8) is 0 Å². The fraction of sp³-hybridized carbons (Fsp3) is 0.353. The summed E-state index contributed by atoms with van der Waals surface area (Å²) in [6, 6.07) is 5.82. The van der Waals surface area contributed by atoms with E-state index in [4.69, 9.17) is 16.0 Å². The molecule has 1 amide bonds. The van der Waals surface area contributed by atoms with Gasteiger partial charge in [-0.15, -0.1) is 0 Å². The van der Waals surface area contributed by atoms with Gasteiger partial charge in [0, 0.05) is 26.1 Å². The van der Waals surface area contributed by atoms with Crippen LogP contribution in [0.4, 0.5) is 0 Å². The van der Waals surface area contributed by atoms with Crippen LogP contribution < -0.4 is 5.32 Å². The molecule has 1 aromatic carbocycles. The van der Waals surface area contributed by atoms with Crippen molar-refractivity contribution >= 4 is 27.5 Å². The normalized spacial score (nSPS) is 17.4. The van der Waals surface area contributed by atoms with Crippen molar-refractivity contribution in [2.24, 2.45) is 0 Å². The second-order valence-corrected chi connectivity index (χ2v) is 8.71. The second-order valence-electron chi connectivity index (χ2n) is 6.15. The molecule has 0 fully saturated rings. The number of fused-ring (bicyclic) bond motifs is 1. The number of halogens is 1. The Morgan fingerprint density at radius 1 is 1.32 bits per heavy atom. The molecule has 25 heavy (non-hydrogen) atoms. The summed E-state index contributed by atoms with van der Waals surface area (Å²) in [7, 11) is -0.769. The second kappa shape index (κ2) is 6.82. The molecule has 1 aliphatic rings. The van der Waals surface area contributed by atoms with E-state index in [1.165, 1.54) is 32.3 Å². The van der Waals surface area contributed by atoms with Crippen molar-refractivity contribution in [2.75, 3.05) is 14.1 Å². The summed E-state index contributed by atoms with van der Waals surface area (Å²) in [5.41, 5.74) is 1.10. The molecule has 3 rings (SSSR count). The smallest absolute Gasteiger partial charge is 0.253 e. The summed E-state index contributed by atoms with van der Waals surface area (Å²) >= 11 is 6.13. The van der Waals surface area contributed by atoms with Crippen molar-refractivity contribution in [2.45, 2.75) is 30.2 Å². The number of nitrogens with one attached hydrogen (secondary N) is 1. The Balaban J connectivity index is 1.89. The number of furan rings is 1. The van der Waals surface area contributed by atoms with Gasteiger partial charge in [0.1, 0.15) is 5.76 Å². The molecule has 0 radical (unpaired) electrons. The Kier molecular flexibility index (Phi) is 4.90. The molecule has 0 saturated heterocycles. The first kappa shape index (κ1) is 18.0. The van der Waals surface area contributed by atoms with Gasteiger partial charge in [0.05, 0.1) is 27.8 Å². The van der Waals surface area contributed by atoms with Gasteiger partial charge in [-0.2, -0.15) is 0 Å². The summed E-state index contributed by atoms with van der Waals surface area (Å²) in [6.07, 6.45) is 4.18. The molecular weight excluding hydrogens is 364 g/mol. The monoisotopic (exact) mass is 382 g/mol. The predicted molar refractivity (Wildman–Crippen MR) is 94.2 cm³/mol. The van der Waals surface area contributed by atoms with Gasteiger partial charge >= 0.3 is 0 Å². The molecule has 134 valence electrons.